The molecular weight excluding hydrogens is 202 g/mol. The van der Waals surface area contributed by atoms with Crippen molar-refractivity contribution in [3.05, 3.63) is 27.4 Å². The lowest BCUT2D eigenvalue weighted by molar-refractivity contribution is 0.684. The molecule has 86 valence electrons. The first-order valence-electron chi connectivity index (χ1n) is 5.93. The van der Waals surface area contributed by atoms with E-state index in [9.17, 15) is 0 Å². The molecule has 0 amide bonds. The van der Waals surface area contributed by atoms with Crippen LogP contribution in [0.2, 0.25) is 0 Å². The van der Waals surface area contributed by atoms with Gasteiger partial charge in [-0.15, -0.1) is 0 Å². The fourth-order valence-electron chi connectivity index (χ4n) is 2.53. The van der Waals surface area contributed by atoms with Crippen LogP contribution in [-0.2, 0) is 13.0 Å². The maximum Gasteiger partial charge on any atom is 0.0689 e. The molecule has 1 N–H and O–H groups in total. The molecule has 0 radical (unpaired) electrons. The molecule has 0 atom stereocenters. The fourth-order valence-corrected chi connectivity index (χ4v) is 2.53. The van der Waals surface area contributed by atoms with Crippen LogP contribution in [0.1, 0.15) is 55.5 Å². The summed E-state index contributed by atoms with van der Waals surface area (Å²) in [6.07, 6.45) is 5.93. The van der Waals surface area contributed by atoms with Crippen LogP contribution < -0.4 is 0 Å². The molecule has 0 saturated heterocycles. The highest BCUT2D eigenvalue weighted by molar-refractivity contribution is 5.29. The van der Waals surface area contributed by atoms with Crippen LogP contribution in [0.5, 0.6) is 0 Å². The van der Waals surface area contributed by atoms with Crippen molar-refractivity contribution in [2.75, 3.05) is 0 Å². The van der Waals surface area contributed by atoms with Crippen molar-refractivity contribution in [2.24, 2.45) is 5.11 Å². The number of rotatable bonds is 4. The molecule has 1 heterocycles. The van der Waals surface area contributed by atoms with Gasteiger partial charge < -0.3 is 0 Å². The van der Waals surface area contributed by atoms with Gasteiger partial charge in [0.15, 0.2) is 0 Å². The van der Waals surface area contributed by atoms with Gasteiger partial charge in [0.25, 0.3) is 0 Å². The van der Waals surface area contributed by atoms with E-state index in [1.165, 1.54) is 25.7 Å². The summed E-state index contributed by atoms with van der Waals surface area (Å²) in [6.45, 7) is 2.52. The molecule has 1 saturated carbocycles. The van der Waals surface area contributed by atoms with Crippen molar-refractivity contribution in [3.8, 4) is 0 Å². The molecule has 0 aliphatic heterocycles. The number of hydrogen-bond donors (Lipinski definition) is 1. The van der Waals surface area contributed by atoms with E-state index in [1.54, 1.807) is 0 Å². The monoisotopic (exact) mass is 219 g/mol. The van der Waals surface area contributed by atoms with Gasteiger partial charge in [0.1, 0.15) is 0 Å². The zero-order chi connectivity index (χ0) is 11.4. The Morgan fingerprint density at radius 2 is 2.25 bits per heavy atom. The highest BCUT2D eigenvalue weighted by atomic mass is 15.2. The summed E-state index contributed by atoms with van der Waals surface area (Å²) in [4.78, 5) is 2.84. The van der Waals surface area contributed by atoms with Gasteiger partial charge >= 0.3 is 0 Å². The van der Waals surface area contributed by atoms with E-state index in [0.29, 0.717) is 12.5 Å². The van der Waals surface area contributed by atoms with Crippen molar-refractivity contribution < 1.29 is 0 Å². The molecule has 1 aromatic heterocycles. The Hall–Kier alpha value is -1.48. The van der Waals surface area contributed by atoms with E-state index in [-0.39, 0.29) is 0 Å². The van der Waals surface area contributed by atoms with Gasteiger partial charge in [-0.2, -0.15) is 5.10 Å². The Balaban J connectivity index is 2.28. The standard InChI is InChI=1S/C11H17N5/c1-2-10-9(7-13-16-12)11(15-14-10)8-5-3-4-6-8/h8H,2-7H2,1H3,(H,14,15). The molecule has 5 heteroatoms. The van der Waals surface area contributed by atoms with E-state index in [4.69, 9.17) is 5.53 Å². The molecule has 1 fully saturated rings. The zero-order valence-corrected chi connectivity index (χ0v) is 9.61. The number of nitrogens with one attached hydrogen (secondary N) is 1. The molecule has 1 aromatic rings. The van der Waals surface area contributed by atoms with Gasteiger partial charge in [0.05, 0.1) is 12.2 Å². The predicted octanol–water partition coefficient (Wildman–Crippen LogP) is 3.44. The quantitative estimate of drug-likeness (QED) is 0.470. The number of aromatic amines is 1. The van der Waals surface area contributed by atoms with Crippen molar-refractivity contribution >= 4 is 0 Å². The predicted molar refractivity (Wildman–Crippen MR) is 62.0 cm³/mol. The highest BCUT2D eigenvalue weighted by Gasteiger charge is 2.23. The number of aryl methyl sites for hydroxylation is 1. The lowest BCUT2D eigenvalue weighted by atomic mass is 9.98. The molecule has 0 spiro atoms. The van der Waals surface area contributed by atoms with E-state index < -0.39 is 0 Å². The van der Waals surface area contributed by atoms with Gasteiger partial charge in [0, 0.05) is 22.1 Å². The van der Waals surface area contributed by atoms with Crippen LogP contribution in [0.15, 0.2) is 5.11 Å². The normalized spacial score (nSPS) is 16.3. The minimum atomic E-state index is 0.433. The number of hydrogen-bond acceptors (Lipinski definition) is 2. The Morgan fingerprint density at radius 3 is 2.88 bits per heavy atom. The van der Waals surface area contributed by atoms with E-state index in [0.717, 1.165) is 23.4 Å². The number of nitrogens with zero attached hydrogens (tertiary/aromatic N) is 4. The lowest BCUT2D eigenvalue weighted by Crippen LogP contribution is -1.98. The Labute approximate surface area is 94.9 Å². The van der Waals surface area contributed by atoms with Crippen LogP contribution in [0, 0.1) is 0 Å². The Bertz CT molecular complexity index is 397. The summed E-state index contributed by atoms with van der Waals surface area (Å²) in [5.74, 6) is 0.570. The lowest BCUT2D eigenvalue weighted by Gasteiger charge is -2.07. The Kier molecular flexibility index (Phi) is 3.47. The molecule has 16 heavy (non-hydrogen) atoms. The largest absolute Gasteiger partial charge is 0.282 e. The molecule has 0 aromatic carbocycles. The average molecular weight is 219 g/mol. The smallest absolute Gasteiger partial charge is 0.0689 e. The Morgan fingerprint density at radius 1 is 1.50 bits per heavy atom. The summed E-state index contributed by atoms with van der Waals surface area (Å²) in [5, 5.41) is 11.2. The fraction of sp³-hybridized carbons (Fsp3) is 0.727. The third kappa shape index (κ3) is 2.04. The summed E-state index contributed by atoms with van der Waals surface area (Å²) in [7, 11) is 0. The third-order valence-electron chi connectivity index (χ3n) is 3.37. The summed E-state index contributed by atoms with van der Waals surface area (Å²) < 4.78 is 0. The first-order chi connectivity index (χ1) is 7.86. The third-order valence-corrected chi connectivity index (χ3v) is 3.37. The van der Waals surface area contributed by atoms with Crippen molar-refractivity contribution in [2.45, 2.75) is 51.5 Å². The van der Waals surface area contributed by atoms with Gasteiger partial charge in [0.2, 0.25) is 0 Å². The second-order valence-corrected chi connectivity index (χ2v) is 4.29. The molecular formula is C11H17N5. The maximum atomic E-state index is 8.41. The molecule has 2 rings (SSSR count). The molecule has 0 unspecified atom stereocenters. The number of azide groups is 1. The van der Waals surface area contributed by atoms with Crippen LogP contribution in [0.25, 0.3) is 10.4 Å². The van der Waals surface area contributed by atoms with Crippen molar-refractivity contribution in [3.63, 3.8) is 0 Å². The second kappa shape index (κ2) is 5.03. The minimum Gasteiger partial charge on any atom is -0.282 e. The van der Waals surface area contributed by atoms with Gasteiger partial charge in [-0.25, -0.2) is 0 Å². The summed E-state index contributed by atoms with van der Waals surface area (Å²) in [6, 6.07) is 0. The van der Waals surface area contributed by atoms with Gasteiger partial charge in [-0.05, 0) is 24.8 Å². The van der Waals surface area contributed by atoms with E-state index in [1.807, 2.05) is 0 Å². The van der Waals surface area contributed by atoms with Crippen molar-refractivity contribution in [1.82, 2.24) is 10.2 Å². The first kappa shape index (κ1) is 11.0. The highest BCUT2D eigenvalue weighted by Crippen LogP contribution is 2.35. The maximum absolute atomic E-state index is 8.41. The minimum absolute atomic E-state index is 0.433. The molecule has 1 aliphatic rings. The summed E-state index contributed by atoms with van der Waals surface area (Å²) >= 11 is 0. The molecule has 1 aliphatic carbocycles. The van der Waals surface area contributed by atoms with E-state index in [2.05, 4.69) is 27.1 Å². The number of H-pyrrole nitrogens is 1. The summed E-state index contributed by atoms with van der Waals surface area (Å²) in [5.41, 5.74) is 11.8. The van der Waals surface area contributed by atoms with Crippen molar-refractivity contribution in [1.29, 1.82) is 0 Å². The van der Waals surface area contributed by atoms with Crippen LogP contribution in [0.3, 0.4) is 0 Å². The van der Waals surface area contributed by atoms with Crippen LogP contribution in [-0.4, -0.2) is 10.2 Å². The first-order valence-corrected chi connectivity index (χ1v) is 5.93. The van der Waals surface area contributed by atoms with Gasteiger partial charge in [-0.3, -0.25) is 5.10 Å². The zero-order valence-electron chi connectivity index (χ0n) is 9.61. The SMILES string of the molecule is CCc1[nH]nc(C2CCCC2)c1CN=[N+]=[N-]. The number of aromatic nitrogens is 2. The van der Waals surface area contributed by atoms with Crippen LogP contribution in [0.4, 0.5) is 0 Å². The van der Waals surface area contributed by atoms with Gasteiger partial charge in [-0.1, -0.05) is 24.9 Å². The van der Waals surface area contributed by atoms with E-state index >= 15 is 0 Å². The average Bonchev–Trinajstić information content (AvgIpc) is 2.94. The van der Waals surface area contributed by atoms with Crippen LogP contribution >= 0.6 is 0 Å². The second-order valence-electron chi connectivity index (χ2n) is 4.29. The molecule has 5 nitrogen and oxygen atoms in total. The topological polar surface area (TPSA) is 77.4 Å². The molecule has 0 bridgehead atoms.